The molecule has 1 aliphatic heterocycles. The number of hydrogen-bond acceptors (Lipinski definition) is 5. The van der Waals surface area contributed by atoms with Crippen LogP contribution in [0, 0.1) is 6.92 Å². The van der Waals surface area contributed by atoms with E-state index in [4.69, 9.17) is 9.47 Å². The molecule has 0 bridgehead atoms. The van der Waals surface area contributed by atoms with Crippen molar-refractivity contribution in [3.63, 3.8) is 0 Å². The molecule has 6 nitrogen and oxygen atoms in total. The highest BCUT2D eigenvalue weighted by molar-refractivity contribution is 5.95. The lowest BCUT2D eigenvalue weighted by Crippen LogP contribution is -2.28. The molecule has 0 radical (unpaired) electrons. The molecule has 0 atom stereocenters. The van der Waals surface area contributed by atoms with E-state index in [1.165, 1.54) is 13.8 Å². The number of fused-ring (bicyclic) bond motifs is 2. The standard InChI is InChI=1S/C18H19NO5/c1-10-13-7-8-15(23-11(2)20)17(24-12(3)21)16(13)18(22)19-9-5-4-6-14(10)19/h7-8H,4-6,9H2,1-3H3. The van der Waals surface area contributed by atoms with Gasteiger partial charge in [-0.1, -0.05) is 0 Å². The van der Waals surface area contributed by atoms with E-state index in [0.29, 0.717) is 6.54 Å². The third kappa shape index (κ3) is 2.68. The first kappa shape index (κ1) is 16.2. The maximum Gasteiger partial charge on any atom is 0.308 e. The van der Waals surface area contributed by atoms with Crippen LogP contribution < -0.4 is 15.0 Å². The molecular weight excluding hydrogens is 310 g/mol. The molecule has 126 valence electrons. The van der Waals surface area contributed by atoms with E-state index in [0.717, 1.165) is 35.9 Å². The van der Waals surface area contributed by atoms with Crippen LogP contribution in [-0.2, 0) is 22.6 Å². The van der Waals surface area contributed by atoms with E-state index in [1.807, 2.05) is 6.92 Å². The summed E-state index contributed by atoms with van der Waals surface area (Å²) in [6, 6.07) is 3.31. The minimum atomic E-state index is -0.573. The lowest BCUT2D eigenvalue weighted by Gasteiger charge is -2.23. The number of aryl methyl sites for hydroxylation is 1. The van der Waals surface area contributed by atoms with Gasteiger partial charge in [-0.05, 0) is 49.3 Å². The Labute approximate surface area is 139 Å². The SMILES string of the molecule is CC(=O)Oc1ccc2c(C)c3n(c(=O)c2c1OC(C)=O)CCCC3. The molecule has 0 amide bonds. The fraction of sp³-hybridized carbons (Fsp3) is 0.389. The number of benzene rings is 1. The van der Waals surface area contributed by atoms with Gasteiger partial charge in [0.05, 0.1) is 5.39 Å². The molecule has 2 heterocycles. The third-order valence-corrected chi connectivity index (χ3v) is 4.29. The monoisotopic (exact) mass is 329 g/mol. The fourth-order valence-corrected chi connectivity index (χ4v) is 3.31. The van der Waals surface area contributed by atoms with Crippen molar-refractivity contribution in [2.75, 3.05) is 0 Å². The normalized spacial score (nSPS) is 13.5. The summed E-state index contributed by atoms with van der Waals surface area (Å²) >= 11 is 0. The maximum absolute atomic E-state index is 13.0. The third-order valence-electron chi connectivity index (χ3n) is 4.29. The summed E-state index contributed by atoms with van der Waals surface area (Å²) in [5.74, 6) is -1.02. The van der Waals surface area contributed by atoms with Crippen LogP contribution in [0.5, 0.6) is 11.5 Å². The highest BCUT2D eigenvalue weighted by Crippen LogP contribution is 2.37. The van der Waals surface area contributed by atoms with Crippen molar-refractivity contribution < 1.29 is 19.1 Å². The van der Waals surface area contributed by atoms with Crippen molar-refractivity contribution in [1.82, 2.24) is 4.57 Å². The molecule has 0 fully saturated rings. The summed E-state index contributed by atoms with van der Waals surface area (Å²) in [5, 5.41) is 1.01. The van der Waals surface area contributed by atoms with Crippen LogP contribution >= 0.6 is 0 Å². The first-order valence-corrected chi connectivity index (χ1v) is 7.96. The zero-order valence-corrected chi connectivity index (χ0v) is 14.0. The molecule has 24 heavy (non-hydrogen) atoms. The summed E-state index contributed by atoms with van der Waals surface area (Å²) in [4.78, 5) is 35.8. The molecular formula is C18H19NO5. The Bertz CT molecular complexity index is 910. The fourth-order valence-electron chi connectivity index (χ4n) is 3.31. The first-order chi connectivity index (χ1) is 11.4. The second-order valence-electron chi connectivity index (χ2n) is 5.99. The molecule has 0 unspecified atom stereocenters. The van der Waals surface area contributed by atoms with Crippen molar-refractivity contribution in [2.24, 2.45) is 0 Å². The molecule has 1 aromatic carbocycles. The van der Waals surface area contributed by atoms with E-state index >= 15 is 0 Å². The minimum absolute atomic E-state index is 0.0178. The summed E-state index contributed by atoms with van der Waals surface area (Å²) in [5.41, 5.74) is 1.80. The zero-order chi connectivity index (χ0) is 17.4. The van der Waals surface area contributed by atoms with Gasteiger partial charge in [0.25, 0.3) is 5.56 Å². The van der Waals surface area contributed by atoms with Gasteiger partial charge in [-0.3, -0.25) is 14.4 Å². The van der Waals surface area contributed by atoms with Gasteiger partial charge in [-0.15, -0.1) is 0 Å². The summed E-state index contributed by atoms with van der Waals surface area (Å²) in [6.07, 6.45) is 2.84. The number of aromatic nitrogens is 1. The van der Waals surface area contributed by atoms with Crippen LogP contribution in [0.2, 0.25) is 0 Å². The molecule has 1 aromatic heterocycles. The van der Waals surface area contributed by atoms with Crippen LogP contribution in [0.25, 0.3) is 10.8 Å². The molecule has 1 aliphatic rings. The number of carbonyl (C=O) groups excluding carboxylic acids is 2. The van der Waals surface area contributed by atoms with Crippen molar-refractivity contribution >= 4 is 22.7 Å². The number of hydrogen-bond donors (Lipinski definition) is 0. The van der Waals surface area contributed by atoms with Crippen LogP contribution in [-0.4, -0.2) is 16.5 Å². The molecule has 0 spiro atoms. The summed E-state index contributed by atoms with van der Waals surface area (Å²) in [6.45, 7) is 5.11. The number of esters is 2. The Hall–Kier alpha value is -2.63. The average Bonchev–Trinajstić information content (AvgIpc) is 2.53. The number of nitrogens with zero attached hydrogens (tertiary/aromatic N) is 1. The molecule has 0 N–H and O–H groups in total. The molecule has 3 rings (SSSR count). The molecule has 0 aliphatic carbocycles. The number of pyridine rings is 1. The van der Waals surface area contributed by atoms with Crippen molar-refractivity contribution in [1.29, 1.82) is 0 Å². The molecule has 0 saturated carbocycles. The lowest BCUT2D eigenvalue weighted by atomic mass is 9.98. The van der Waals surface area contributed by atoms with E-state index < -0.39 is 11.9 Å². The van der Waals surface area contributed by atoms with Crippen LogP contribution in [0.15, 0.2) is 16.9 Å². The predicted octanol–water partition coefficient (Wildman–Crippen LogP) is 2.50. The van der Waals surface area contributed by atoms with Gasteiger partial charge in [-0.2, -0.15) is 0 Å². The topological polar surface area (TPSA) is 74.6 Å². The number of carbonyl (C=O) groups is 2. The first-order valence-electron chi connectivity index (χ1n) is 7.96. The van der Waals surface area contributed by atoms with E-state index in [9.17, 15) is 14.4 Å². The van der Waals surface area contributed by atoms with Crippen molar-refractivity contribution in [2.45, 2.75) is 46.6 Å². The second kappa shape index (κ2) is 6.11. The summed E-state index contributed by atoms with van der Waals surface area (Å²) < 4.78 is 12.1. The number of ether oxygens (including phenoxy) is 2. The van der Waals surface area contributed by atoms with Crippen LogP contribution in [0.4, 0.5) is 0 Å². The van der Waals surface area contributed by atoms with Gasteiger partial charge in [0.2, 0.25) is 0 Å². The Morgan fingerprint density at radius 1 is 1.08 bits per heavy atom. The van der Waals surface area contributed by atoms with E-state index in [-0.39, 0.29) is 22.4 Å². The largest absolute Gasteiger partial charge is 0.423 e. The number of rotatable bonds is 2. The second-order valence-corrected chi connectivity index (χ2v) is 5.99. The van der Waals surface area contributed by atoms with Crippen molar-refractivity contribution in [3.05, 3.63) is 33.7 Å². The van der Waals surface area contributed by atoms with Gasteiger partial charge in [0.1, 0.15) is 0 Å². The van der Waals surface area contributed by atoms with Crippen LogP contribution in [0.1, 0.15) is 37.9 Å². The highest BCUT2D eigenvalue weighted by Gasteiger charge is 2.23. The van der Waals surface area contributed by atoms with Crippen molar-refractivity contribution in [3.8, 4) is 11.5 Å². The zero-order valence-electron chi connectivity index (χ0n) is 14.0. The Balaban J connectivity index is 2.39. The van der Waals surface area contributed by atoms with E-state index in [1.54, 1.807) is 16.7 Å². The lowest BCUT2D eigenvalue weighted by molar-refractivity contribution is -0.134. The average molecular weight is 329 g/mol. The Morgan fingerprint density at radius 3 is 2.46 bits per heavy atom. The molecule has 6 heteroatoms. The van der Waals surface area contributed by atoms with E-state index in [2.05, 4.69) is 0 Å². The van der Waals surface area contributed by atoms with Crippen LogP contribution in [0.3, 0.4) is 0 Å². The van der Waals surface area contributed by atoms with Gasteiger partial charge in [-0.25, -0.2) is 0 Å². The highest BCUT2D eigenvalue weighted by atomic mass is 16.6. The molecule has 2 aromatic rings. The predicted molar refractivity (Wildman–Crippen MR) is 88.5 cm³/mol. The van der Waals surface area contributed by atoms with Gasteiger partial charge < -0.3 is 14.0 Å². The Morgan fingerprint density at radius 2 is 1.79 bits per heavy atom. The van der Waals surface area contributed by atoms with Gasteiger partial charge in [0, 0.05) is 26.1 Å². The molecule has 0 saturated heterocycles. The quantitative estimate of drug-likeness (QED) is 0.625. The Kier molecular flexibility index (Phi) is 4.13. The maximum atomic E-state index is 13.0. The van der Waals surface area contributed by atoms with Gasteiger partial charge in [0.15, 0.2) is 11.5 Å². The van der Waals surface area contributed by atoms with Gasteiger partial charge >= 0.3 is 11.9 Å². The smallest absolute Gasteiger partial charge is 0.308 e. The summed E-state index contributed by atoms with van der Waals surface area (Å²) in [7, 11) is 0. The minimum Gasteiger partial charge on any atom is -0.423 e.